The van der Waals surface area contributed by atoms with Gasteiger partial charge < -0.3 is 0 Å². The van der Waals surface area contributed by atoms with Crippen molar-refractivity contribution in [2.45, 2.75) is 6.67 Å². The van der Waals surface area contributed by atoms with Gasteiger partial charge in [-0.15, -0.1) is 0 Å². The fraction of sp³-hybridized carbons (Fsp3) is 0.0370. The van der Waals surface area contributed by atoms with Crippen molar-refractivity contribution < 1.29 is 4.39 Å². The highest BCUT2D eigenvalue weighted by molar-refractivity contribution is 6.15. The van der Waals surface area contributed by atoms with Gasteiger partial charge in [0.05, 0.1) is 0 Å². The summed E-state index contributed by atoms with van der Waals surface area (Å²) in [5.41, 5.74) is 5.37. The van der Waals surface area contributed by atoms with Gasteiger partial charge in [0, 0.05) is 0 Å². The molecule has 5 rings (SSSR count). The Balaban J connectivity index is 1.78. The highest BCUT2D eigenvalue weighted by atomic mass is 19.1. The minimum absolute atomic E-state index is 0.442. The largest absolute Gasteiger partial charge is 0.246 e. The van der Waals surface area contributed by atoms with Crippen LogP contribution in [0.3, 0.4) is 0 Å². The predicted molar refractivity (Wildman–Crippen MR) is 117 cm³/mol. The first-order valence-electron chi connectivity index (χ1n) is 9.50. The van der Waals surface area contributed by atoms with Gasteiger partial charge in [-0.3, -0.25) is 0 Å². The second-order valence-corrected chi connectivity index (χ2v) is 7.07. The molecule has 0 fully saturated rings. The molecule has 0 unspecified atom stereocenters. The number of halogens is 1. The van der Waals surface area contributed by atoms with E-state index in [1.165, 1.54) is 32.7 Å². The lowest BCUT2D eigenvalue weighted by molar-refractivity contribution is 0.485. The average molecular weight is 362 g/mol. The summed E-state index contributed by atoms with van der Waals surface area (Å²) in [7, 11) is 0. The molecule has 0 radical (unpaired) electrons. The molecule has 0 aromatic heterocycles. The van der Waals surface area contributed by atoms with Gasteiger partial charge in [-0.1, -0.05) is 97.1 Å². The van der Waals surface area contributed by atoms with Crippen molar-refractivity contribution in [1.29, 1.82) is 0 Å². The third-order valence-electron chi connectivity index (χ3n) is 5.40. The summed E-state index contributed by atoms with van der Waals surface area (Å²) in [6.45, 7) is -0.442. The van der Waals surface area contributed by atoms with Crippen molar-refractivity contribution in [3.8, 4) is 22.3 Å². The number of alkyl halides is 1. The monoisotopic (exact) mass is 362 g/mol. The van der Waals surface area contributed by atoms with Crippen molar-refractivity contribution in [3.63, 3.8) is 0 Å². The van der Waals surface area contributed by atoms with Gasteiger partial charge in [0.25, 0.3) is 0 Å². The van der Waals surface area contributed by atoms with Crippen LogP contribution in [0.15, 0.2) is 103 Å². The Bertz CT molecular complexity index is 1290. The van der Waals surface area contributed by atoms with Crippen LogP contribution < -0.4 is 0 Å². The smallest absolute Gasteiger partial charge is 0.115 e. The molecule has 0 aliphatic carbocycles. The molecule has 5 aromatic rings. The van der Waals surface area contributed by atoms with Gasteiger partial charge >= 0.3 is 0 Å². The first-order chi connectivity index (χ1) is 13.8. The minimum atomic E-state index is -0.442. The lowest BCUT2D eigenvalue weighted by Crippen LogP contribution is -1.87. The van der Waals surface area contributed by atoms with Crippen LogP contribution in [0.4, 0.5) is 4.39 Å². The molecule has 0 atom stereocenters. The van der Waals surface area contributed by atoms with Crippen LogP contribution in [0.1, 0.15) is 5.56 Å². The summed E-state index contributed by atoms with van der Waals surface area (Å²) >= 11 is 0. The number of fused-ring (bicyclic) bond motifs is 3. The van der Waals surface area contributed by atoms with Crippen LogP contribution in [0.25, 0.3) is 43.8 Å². The lowest BCUT2D eigenvalue weighted by atomic mass is 9.91. The van der Waals surface area contributed by atoms with E-state index in [2.05, 4.69) is 78.9 Å². The maximum Gasteiger partial charge on any atom is 0.115 e. The molecule has 0 aliphatic rings. The molecule has 0 N–H and O–H groups in total. The Morgan fingerprint density at radius 2 is 1.04 bits per heavy atom. The van der Waals surface area contributed by atoms with E-state index in [0.29, 0.717) is 5.56 Å². The number of hydrogen-bond acceptors (Lipinski definition) is 0. The normalized spacial score (nSPS) is 11.2. The first-order valence-corrected chi connectivity index (χ1v) is 9.50. The summed E-state index contributed by atoms with van der Waals surface area (Å²) in [5.74, 6) is 0. The molecule has 134 valence electrons. The Hall–Kier alpha value is -3.45. The van der Waals surface area contributed by atoms with Crippen LogP contribution in [0.2, 0.25) is 0 Å². The van der Waals surface area contributed by atoms with Crippen LogP contribution in [0.5, 0.6) is 0 Å². The Morgan fingerprint density at radius 1 is 0.464 bits per heavy atom. The van der Waals surface area contributed by atoms with Crippen molar-refractivity contribution in [3.05, 3.63) is 109 Å². The molecule has 0 spiro atoms. The zero-order valence-corrected chi connectivity index (χ0v) is 15.4. The van der Waals surface area contributed by atoms with E-state index in [1.807, 2.05) is 24.3 Å². The summed E-state index contributed by atoms with van der Waals surface area (Å²) in [6, 6.07) is 35.5. The van der Waals surface area contributed by atoms with Gasteiger partial charge in [0.15, 0.2) is 0 Å². The number of rotatable bonds is 3. The first kappa shape index (κ1) is 16.7. The maximum absolute atomic E-state index is 13.1. The second kappa shape index (κ2) is 6.94. The fourth-order valence-corrected chi connectivity index (χ4v) is 4.07. The standard InChI is InChI=1S/C27H19F/c28-18-19-7-4-10-21(17-19)23-12-6-14-25-24-13-5-11-22(20-8-2-1-3-9-20)26(24)15-16-27(23)25/h1-17H,18H2. The quantitative estimate of drug-likeness (QED) is 0.287. The van der Waals surface area contributed by atoms with E-state index < -0.39 is 6.67 Å². The molecule has 0 saturated carbocycles. The highest BCUT2D eigenvalue weighted by Gasteiger charge is 2.10. The summed E-state index contributed by atoms with van der Waals surface area (Å²) < 4.78 is 13.1. The predicted octanol–water partition coefficient (Wildman–Crippen LogP) is 7.80. The van der Waals surface area contributed by atoms with Crippen molar-refractivity contribution in [1.82, 2.24) is 0 Å². The SMILES string of the molecule is FCc1cccc(-c2cccc3c2ccc2c(-c4ccccc4)cccc23)c1. The molecule has 0 amide bonds. The lowest BCUT2D eigenvalue weighted by Gasteiger charge is -2.13. The summed E-state index contributed by atoms with van der Waals surface area (Å²) in [6.07, 6.45) is 0. The molecule has 0 aliphatic heterocycles. The van der Waals surface area contributed by atoms with Crippen molar-refractivity contribution >= 4 is 21.5 Å². The average Bonchev–Trinajstić information content (AvgIpc) is 2.78. The topological polar surface area (TPSA) is 0 Å². The number of benzene rings is 5. The van der Waals surface area contributed by atoms with E-state index in [4.69, 9.17) is 0 Å². The molecule has 0 nitrogen and oxygen atoms in total. The van der Waals surface area contributed by atoms with E-state index in [9.17, 15) is 4.39 Å². The molecule has 0 bridgehead atoms. The minimum Gasteiger partial charge on any atom is -0.246 e. The highest BCUT2D eigenvalue weighted by Crippen LogP contribution is 2.37. The van der Waals surface area contributed by atoms with E-state index >= 15 is 0 Å². The summed E-state index contributed by atoms with van der Waals surface area (Å²) in [5, 5.41) is 4.90. The van der Waals surface area contributed by atoms with E-state index in [0.717, 1.165) is 11.1 Å². The van der Waals surface area contributed by atoms with Crippen LogP contribution in [-0.2, 0) is 6.67 Å². The third-order valence-corrected chi connectivity index (χ3v) is 5.40. The third kappa shape index (κ3) is 2.76. The van der Waals surface area contributed by atoms with Crippen molar-refractivity contribution in [2.75, 3.05) is 0 Å². The second-order valence-electron chi connectivity index (χ2n) is 7.07. The molecular formula is C27H19F. The molecule has 0 saturated heterocycles. The van der Waals surface area contributed by atoms with Gasteiger partial charge in [-0.05, 0) is 55.4 Å². The van der Waals surface area contributed by atoms with E-state index in [1.54, 1.807) is 0 Å². The molecule has 28 heavy (non-hydrogen) atoms. The Labute approximate surface area is 163 Å². The number of hydrogen-bond donors (Lipinski definition) is 0. The van der Waals surface area contributed by atoms with Gasteiger partial charge in [-0.2, -0.15) is 0 Å². The molecule has 0 heterocycles. The fourth-order valence-electron chi connectivity index (χ4n) is 4.07. The Morgan fingerprint density at radius 3 is 1.68 bits per heavy atom. The van der Waals surface area contributed by atoms with Gasteiger partial charge in [0.1, 0.15) is 6.67 Å². The maximum atomic E-state index is 13.1. The van der Waals surface area contributed by atoms with Gasteiger partial charge in [-0.25, -0.2) is 4.39 Å². The van der Waals surface area contributed by atoms with Crippen LogP contribution in [-0.4, -0.2) is 0 Å². The van der Waals surface area contributed by atoms with E-state index in [-0.39, 0.29) is 0 Å². The molecule has 5 aromatic carbocycles. The molecular weight excluding hydrogens is 343 g/mol. The van der Waals surface area contributed by atoms with Crippen molar-refractivity contribution in [2.24, 2.45) is 0 Å². The summed E-state index contributed by atoms with van der Waals surface area (Å²) in [4.78, 5) is 0. The molecule has 1 heteroatoms. The van der Waals surface area contributed by atoms with Gasteiger partial charge in [0.2, 0.25) is 0 Å². The zero-order chi connectivity index (χ0) is 18.9. The zero-order valence-electron chi connectivity index (χ0n) is 15.4. The van der Waals surface area contributed by atoms with Crippen LogP contribution >= 0.6 is 0 Å². The van der Waals surface area contributed by atoms with Crippen LogP contribution in [0, 0.1) is 0 Å². The Kier molecular flexibility index (Phi) is 4.14.